The van der Waals surface area contributed by atoms with Crippen LogP contribution in [-0.2, 0) is 4.79 Å². The molecule has 1 amide bonds. The summed E-state index contributed by atoms with van der Waals surface area (Å²) < 4.78 is 0. The van der Waals surface area contributed by atoms with Crippen molar-refractivity contribution in [1.29, 1.82) is 0 Å². The maximum Gasteiger partial charge on any atom is 0.239 e. The van der Waals surface area contributed by atoms with Crippen molar-refractivity contribution in [3.8, 4) is 0 Å². The van der Waals surface area contributed by atoms with Crippen molar-refractivity contribution in [3.63, 3.8) is 0 Å². The van der Waals surface area contributed by atoms with Gasteiger partial charge < -0.3 is 10.2 Å². The SMILES string of the molecule is CCN(C)C(=O)C(C)NCCC(C)C. The van der Waals surface area contributed by atoms with Crippen molar-refractivity contribution >= 4 is 5.91 Å². The first-order chi connectivity index (χ1) is 6.49. The molecule has 1 atom stereocenters. The average Bonchev–Trinajstić information content (AvgIpc) is 2.14. The van der Waals surface area contributed by atoms with Gasteiger partial charge in [-0.1, -0.05) is 13.8 Å². The average molecular weight is 200 g/mol. The van der Waals surface area contributed by atoms with Crippen LogP contribution in [0.1, 0.15) is 34.1 Å². The van der Waals surface area contributed by atoms with Gasteiger partial charge >= 0.3 is 0 Å². The predicted molar refractivity (Wildman–Crippen MR) is 60.2 cm³/mol. The molecule has 0 aromatic rings. The van der Waals surface area contributed by atoms with Gasteiger partial charge in [-0.05, 0) is 32.7 Å². The predicted octanol–water partition coefficient (Wildman–Crippen LogP) is 1.49. The Labute approximate surface area is 87.9 Å². The van der Waals surface area contributed by atoms with Gasteiger partial charge in [0, 0.05) is 13.6 Å². The number of carbonyl (C=O) groups excluding carboxylic acids is 1. The highest BCUT2D eigenvalue weighted by molar-refractivity contribution is 5.81. The molecule has 0 aliphatic carbocycles. The molecule has 0 fully saturated rings. The summed E-state index contributed by atoms with van der Waals surface area (Å²) in [6.07, 6.45) is 1.12. The minimum atomic E-state index is -0.0568. The highest BCUT2D eigenvalue weighted by Crippen LogP contribution is 1.98. The first kappa shape index (κ1) is 13.4. The molecule has 1 unspecified atom stereocenters. The van der Waals surface area contributed by atoms with E-state index in [9.17, 15) is 4.79 Å². The van der Waals surface area contributed by atoms with Crippen molar-refractivity contribution in [2.75, 3.05) is 20.1 Å². The third kappa shape index (κ3) is 5.22. The van der Waals surface area contributed by atoms with E-state index < -0.39 is 0 Å². The number of hydrogen-bond donors (Lipinski definition) is 1. The lowest BCUT2D eigenvalue weighted by molar-refractivity contribution is -0.131. The second kappa shape index (κ2) is 6.82. The van der Waals surface area contributed by atoms with Gasteiger partial charge in [-0.2, -0.15) is 0 Å². The summed E-state index contributed by atoms with van der Waals surface area (Å²) in [6, 6.07) is -0.0568. The van der Waals surface area contributed by atoms with Crippen LogP contribution in [0.3, 0.4) is 0 Å². The zero-order chi connectivity index (χ0) is 11.1. The van der Waals surface area contributed by atoms with Crippen LogP contribution in [0.5, 0.6) is 0 Å². The van der Waals surface area contributed by atoms with E-state index in [1.165, 1.54) is 0 Å². The van der Waals surface area contributed by atoms with Gasteiger partial charge in [0.05, 0.1) is 6.04 Å². The van der Waals surface area contributed by atoms with E-state index in [1.807, 2.05) is 20.9 Å². The Hall–Kier alpha value is -0.570. The Morgan fingerprint density at radius 1 is 1.36 bits per heavy atom. The molecule has 0 saturated heterocycles. The van der Waals surface area contributed by atoms with Gasteiger partial charge in [0.1, 0.15) is 0 Å². The maximum absolute atomic E-state index is 11.6. The molecule has 3 heteroatoms. The molecule has 3 nitrogen and oxygen atoms in total. The normalized spacial score (nSPS) is 13.0. The summed E-state index contributed by atoms with van der Waals surface area (Å²) in [5.41, 5.74) is 0. The van der Waals surface area contributed by atoms with Crippen LogP contribution in [0.4, 0.5) is 0 Å². The Kier molecular flexibility index (Phi) is 6.54. The second-order valence-electron chi connectivity index (χ2n) is 4.21. The van der Waals surface area contributed by atoms with E-state index in [0.717, 1.165) is 19.5 Å². The first-order valence-electron chi connectivity index (χ1n) is 5.47. The van der Waals surface area contributed by atoms with Crippen LogP contribution < -0.4 is 5.32 Å². The van der Waals surface area contributed by atoms with Gasteiger partial charge in [0.25, 0.3) is 0 Å². The molecule has 1 N–H and O–H groups in total. The monoisotopic (exact) mass is 200 g/mol. The summed E-state index contributed by atoms with van der Waals surface area (Å²) in [6.45, 7) is 9.98. The molecule has 0 aliphatic heterocycles. The minimum Gasteiger partial charge on any atom is -0.345 e. The van der Waals surface area contributed by atoms with Crippen LogP contribution >= 0.6 is 0 Å². The van der Waals surface area contributed by atoms with E-state index in [1.54, 1.807) is 4.90 Å². The summed E-state index contributed by atoms with van der Waals surface area (Å²) in [7, 11) is 1.84. The van der Waals surface area contributed by atoms with E-state index in [0.29, 0.717) is 5.92 Å². The van der Waals surface area contributed by atoms with Crippen molar-refractivity contribution in [2.24, 2.45) is 5.92 Å². The maximum atomic E-state index is 11.6. The number of amides is 1. The summed E-state index contributed by atoms with van der Waals surface area (Å²) in [5, 5.41) is 3.24. The lowest BCUT2D eigenvalue weighted by atomic mass is 10.1. The van der Waals surface area contributed by atoms with Crippen molar-refractivity contribution in [2.45, 2.75) is 40.2 Å². The standard InChI is InChI=1S/C11H24N2O/c1-6-13(5)11(14)10(4)12-8-7-9(2)3/h9-10,12H,6-8H2,1-5H3. The second-order valence-corrected chi connectivity index (χ2v) is 4.21. The number of rotatable bonds is 6. The topological polar surface area (TPSA) is 32.3 Å². The molecule has 0 spiro atoms. The van der Waals surface area contributed by atoms with Crippen LogP contribution in [0.2, 0.25) is 0 Å². The van der Waals surface area contributed by atoms with Crippen LogP contribution in [0.15, 0.2) is 0 Å². The molecular weight excluding hydrogens is 176 g/mol. The fourth-order valence-corrected chi connectivity index (χ4v) is 1.16. The summed E-state index contributed by atoms with van der Waals surface area (Å²) in [5.74, 6) is 0.866. The zero-order valence-electron chi connectivity index (χ0n) is 10.1. The molecule has 0 aromatic carbocycles. The largest absolute Gasteiger partial charge is 0.345 e. The van der Waals surface area contributed by atoms with Crippen molar-refractivity contribution < 1.29 is 4.79 Å². The van der Waals surface area contributed by atoms with Crippen molar-refractivity contribution in [1.82, 2.24) is 10.2 Å². The van der Waals surface area contributed by atoms with E-state index >= 15 is 0 Å². The molecule has 0 radical (unpaired) electrons. The van der Waals surface area contributed by atoms with Crippen molar-refractivity contribution in [3.05, 3.63) is 0 Å². The van der Waals surface area contributed by atoms with Crippen LogP contribution in [0.25, 0.3) is 0 Å². The third-order valence-electron chi connectivity index (χ3n) is 2.39. The van der Waals surface area contributed by atoms with Gasteiger partial charge in [0.2, 0.25) is 5.91 Å². The molecule has 0 heterocycles. The first-order valence-corrected chi connectivity index (χ1v) is 5.47. The smallest absolute Gasteiger partial charge is 0.239 e. The molecule has 0 aromatic heterocycles. The quantitative estimate of drug-likeness (QED) is 0.704. The van der Waals surface area contributed by atoms with Gasteiger partial charge in [-0.3, -0.25) is 4.79 Å². The van der Waals surface area contributed by atoms with E-state index in [2.05, 4.69) is 19.2 Å². The third-order valence-corrected chi connectivity index (χ3v) is 2.39. The Balaban J connectivity index is 3.73. The Bertz CT molecular complexity index is 169. The highest BCUT2D eigenvalue weighted by atomic mass is 16.2. The van der Waals surface area contributed by atoms with Gasteiger partial charge in [-0.15, -0.1) is 0 Å². The molecule has 0 saturated carbocycles. The molecule has 0 rings (SSSR count). The van der Waals surface area contributed by atoms with Crippen LogP contribution in [0, 0.1) is 5.92 Å². The minimum absolute atomic E-state index is 0.0568. The number of nitrogens with one attached hydrogen (secondary N) is 1. The molecule has 0 aliphatic rings. The van der Waals surface area contributed by atoms with E-state index in [-0.39, 0.29) is 11.9 Å². The zero-order valence-corrected chi connectivity index (χ0v) is 10.1. The fraction of sp³-hybridized carbons (Fsp3) is 0.909. The Morgan fingerprint density at radius 2 is 1.93 bits per heavy atom. The lowest BCUT2D eigenvalue weighted by Crippen LogP contribution is -2.43. The number of nitrogens with zero attached hydrogens (tertiary/aromatic N) is 1. The van der Waals surface area contributed by atoms with Crippen LogP contribution in [-0.4, -0.2) is 37.0 Å². The lowest BCUT2D eigenvalue weighted by Gasteiger charge is -2.20. The Morgan fingerprint density at radius 3 is 2.36 bits per heavy atom. The molecule has 14 heavy (non-hydrogen) atoms. The molecular formula is C11H24N2O. The van der Waals surface area contributed by atoms with Gasteiger partial charge in [0.15, 0.2) is 0 Å². The van der Waals surface area contributed by atoms with E-state index in [4.69, 9.17) is 0 Å². The fourth-order valence-electron chi connectivity index (χ4n) is 1.16. The number of likely N-dealkylation sites (N-methyl/N-ethyl adjacent to an activating group) is 1. The molecule has 84 valence electrons. The number of hydrogen-bond acceptors (Lipinski definition) is 2. The van der Waals surface area contributed by atoms with Gasteiger partial charge in [-0.25, -0.2) is 0 Å². The summed E-state index contributed by atoms with van der Waals surface area (Å²) >= 11 is 0. The highest BCUT2D eigenvalue weighted by Gasteiger charge is 2.14. The molecule has 0 bridgehead atoms. The summed E-state index contributed by atoms with van der Waals surface area (Å²) in [4.78, 5) is 13.4. The number of carbonyl (C=O) groups is 1.